The number of thiazole rings is 1. The van der Waals surface area contributed by atoms with Gasteiger partial charge in [-0.2, -0.15) is 0 Å². The minimum absolute atomic E-state index is 0.180. The molecule has 7 heteroatoms. The van der Waals surface area contributed by atoms with Crippen molar-refractivity contribution in [1.29, 1.82) is 0 Å². The van der Waals surface area contributed by atoms with Crippen molar-refractivity contribution in [1.82, 2.24) is 15.0 Å². The molecular formula is C10H19N3O2S2. The Bertz CT molecular complexity index is 429. The molecule has 0 radical (unpaired) electrons. The van der Waals surface area contributed by atoms with Gasteiger partial charge in [-0.3, -0.25) is 0 Å². The first-order valence-corrected chi connectivity index (χ1v) is 8.09. The highest BCUT2D eigenvalue weighted by molar-refractivity contribution is 7.89. The number of rotatable bonds is 8. The van der Waals surface area contributed by atoms with E-state index >= 15 is 0 Å². The number of aryl methyl sites for hydroxylation is 1. The van der Waals surface area contributed by atoms with Crippen molar-refractivity contribution < 1.29 is 8.42 Å². The van der Waals surface area contributed by atoms with Gasteiger partial charge in [0.1, 0.15) is 5.01 Å². The van der Waals surface area contributed by atoms with Gasteiger partial charge in [0.2, 0.25) is 10.0 Å². The molecule has 0 unspecified atom stereocenters. The first-order chi connectivity index (χ1) is 8.03. The van der Waals surface area contributed by atoms with E-state index in [1.165, 1.54) is 11.3 Å². The van der Waals surface area contributed by atoms with Crippen LogP contribution in [0.4, 0.5) is 0 Å². The zero-order valence-corrected chi connectivity index (χ0v) is 11.8. The number of hydrogen-bond donors (Lipinski definition) is 2. The van der Waals surface area contributed by atoms with Gasteiger partial charge in [0.05, 0.1) is 12.3 Å². The van der Waals surface area contributed by atoms with Crippen LogP contribution in [-0.4, -0.2) is 32.7 Å². The molecule has 1 heterocycles. The second kappa shape index (κ2) is 7.05. The summed E-state index contributed by atoms with van der Waals surface area (Å²) in [7, 11) is -1.30. The molecule has 1 rings (SSSR count). The van der Waals surface area contributed by atoms with Crippen molar-refractivity contribution >= 4 is 21.4 Å². The fourth-order valence-corrected chi connectivity index (χ4v) is 3.21. The number of nitrogens with zero attached hydrogens (tertiary/aromatic N) is 1. The van der Waals surface area contributed by atoms with Gasteiger partial charge in [-0.15, -0.1) is 11.3 Å². The predicted octanol–water partition coefficient (Wildman–Crippen LogP) is 0.871. The van der Waals surface area contributed by atoms with Crippen LogP contribution in [0, 0.1) is 6.92 Å². The van der Waals surface area contributed by atoms with Crippen molar-refractivity contribution in [2.45, 2.75) is 26.3 Å². The zero-order chi connectivity index (χ0) is 12.7. The minimum Gasteiger partial charge on any atom is -0.320 e. The van der Waals surface area contributed by atoms with Crippen LogP contribution in [0.15, 0.2) is 5.38 Å². The number of aromatic nitrogens is 1. The van der Waals surface area contributed by atoms with E-state index in [-0.39, 0.29) is 5.75 Å². The highest BCUT2D eigenvalue weighted by Gasteiger charge is 2.10. The molecule has 0 saturated carbocycles. The Kier molecular flexibility index (Phi) is 6.04. The van der Waals surface area contributed by atoms with E-state index in [1.54, 1.807) is 0 Å². The lowest BCUT2D eigenvalue weighted by Gasteiger charge is -2.04. The summed E-state index contributed by atoms with van der Waals surface area (Å²) in [6.45, 7) is 3.04. The first kappa shape index (κ1) is 14.6. The van der Waals surface area contributed by atoms with Gasteiger partial charge in [0.15, 0.2) is 0 Å². The average Bonchev–Trinajstić information content (AvgIpc) is 2.68. The fourth-order valence-electron chi connectivity index (χ4n) is 1.32. The number of hydrogen-bond acceptors (Lipinski definition) is 5. The third kappa shape index (κ3) is 6.11. The second-order valence-electron chi connectivity index (χ2n) is 3.83. The maximum atomic E-state index is 11.6. The van der Waals surface area contributed by atoms with E-state index in [0.717, 1.165) is 23.7 Å². The molecule has 0 fully saturated rings. The maximum absolute atomic E-state index is 11.6. The molecule has 0 amide bonds. The maximum Gasteiger partial charge on any atom is 0.211 e. The lowest BCUT2D eigenvalue weighted by Crippen LogP contribution is -2.26. The van der Waals surface area contributed by atoms with E-state index in [4.69, 9.17) is 0 Å². The summed E-state index contributed by atoms with van der Waals surface area (Å²) < 4.78 is 25.8. The zero-order valence-electron chi connectivity index (χ0n) is 10.2. The van der Waals surface area contributed by atoms with Gasteiger partial charge in [0.25, 0.3) is 0 Å². The standard InChI is InChI=1S/C10H19N3O2S2/c1-9-8-16-10(13-9)7-12-17(14,15)6-4-3-5-11-2/h8,11-12H,3-7H2,1-2H3. The largest absolute Gasteiger partial charge is 0.320 e. The third-order valence-electron chi connectivity index (χ3n) is 2.20. The number of unbranched alkanes of at least 4 members (excludes halogenated alkanes) is 1. The SMILES string of the molecule is CNCCCCS(=O)(=O)NCc1nc(C)cs1. The number of nitrogens with one attached hydrogen (secondary N) is 2. The molecule has 0 aliphatic heterocycles. The smallest absolute Gasteiger partial charge is 0.211 e. The van der Waals surface area contributed by atoms with Crippen molar-refractivity contribution in [2.24, 2.45) is 0 Å². The Balaban J connectivity index is 2.29. The van der Waals surface area contributed by atoms with Crippen LogP contribution in [0.25, 0.3) is 0 Å². The summed E-state index contributed by atoms with van der Waals surface area (Å²) in [5.41, 5.74) is 0.929. The van der Waals surface area contributed by atoms with Gasteiger partial charge in [-0.1, -0.05) is 0 Å². The molecule has 5 nitrogen and oxygen atoms in total. The molecule has 17 heavy (non-hydrogen) atoms. The molecule has 0 saturated heterocycles. The fraction of sp³-hybridized carbons (Fsp3) is 0.700. The van der Waals surface area contributed by atoms with Crippen LogP contribution >= 0.6 is 11.3 Å². The van der Waals surface area contributed by atoms with Gasteiger partial charge in [0, 0.05) is 11.1 Å². The summed E-state index contributed by atoms with van der Waals surface area (Å²) in [6, 6.07) is 0. The summed E-state index contributed by atoms with van der Waals surface area (Å²) >= 11 is 1.47. The quantitative estimate of drug-likeness (QED) is 0.692. The molecular weight excluding hydrogens is 258 g/mol. The van der Waals surface area contributed by atoms with Crippen LogP contribution in [0.5, 0.6) is 0 Å². The van der Waals surface area contributed by atoms with Crippen molar-refractivity contribution in [3.63, 3.8) is 0 Å². The Hall–Kier alpha value is -0.500. The topological polar surface area (TPSA) is 71.1 Å². The summed E-state index contributed by atoms with van der Waals surface area (Å²) in [5, 5.41) is 5.71. The second-order valence-corrected chi connectivity index (χ2v) is 6.70. The van der Waals surface area contributed by atoms with E-state index in [2.05, 4.69) is 15.0 Å². The molecule has 0 aromatic carbocycles. The molecule has 2 N–H and O–H groups in total. The minimum atomic E-state index is -3.16. The summed E-state index contributed by atoms with van der Waals surface area (Å²) in [4.78, 5) is 4.21. The van der Waals surface area contributed by atoms with E-state index in [0.29, 0.717) is 13.0 Å². The Labute approximate surface area is 107 Å². The van der Waals surface area contributed by atoms with Crippen molar-refractivity contribution in [2.75, 3.05) is 19.3 Å². The highest BCUT2D eigenvalue weighted by atomic mass is 32.2. The summed E-state index contributed by atoms with van der Waals surface area (Å²) in [6.07, 6.45) is 1.54. The van der Waals surface area contributed by atoms with E-state index in [1.807, 2.05) is 19.4 Å². The van der Waals surface area contributed by atoms with Crippen LogP contribution in [0.3, 0.4) is 0 Å². The Morgan fingerprint density at radius 1 is 1.41 bits per heavy atom. The van der Waals surface area contributed by atoms with Gasteiger partial charge < -0.3 is 5.32 Å². The van der Waals surface area contributed by atoms with Crippen LogP contribution in [0.1, 0.15) is 23.5 Å². The van der Waals surface area contributed by atoms with Crippen LogP contribution in [-0.2, 0) is 16.6 Å². The van der Waals surface area contributed by atoms with E-state index < -0.39 is 10.0 Å². The van der Waals surface area contributed by atoms with Crippen molar-refractivity contribution in [3.8, 4) is 0 Å². The first-order valence-electron chi connectivity index (χ1n) is 5.56. The molecule has 1 aromatic rings. The van der Waals surface area contributed by atoms with Crippen molar-refractivity contribution in [3.05, 3.63) is 16.1 Å². The predicted molar refractivity (Wildman–Crippen MR) is 70.6 cm³/mol. The van der Waals surface area contributed by atoms with Gasteiger partial charge in [-0.05, 0) is 33.4 Å². The molecule has 0 atom stereocenters. The highest BCUT2D eigenvalue weighted by Crippen LogP contribution is 2.08. The monoisotopic (exact) mass is 277 g/mol. The van der Waals surface area contributed by atoms with E-state index in [9.17, 15) is 8.42 Å². The van der Waals surface area contributed by atoms with Gasteiger partial charge in [-0.25, -0.2) is 18.1 Å². The molecule has 0 aliphatic carbocycles. The molecule has 0 spiro atoms. The third-order valence-corrected chi connectivity index (χ3v) is 4.58. The Morgan fingerprint density at radius 3 is 2.76 bits per heavy atom. The lowest BCUT2D eigenvalue weighted by atomic mass is 10.3. The van der Waals surface area contributed by atoms with Gasteiger partial charge >= 0.3 is 0 Å². The average molecular weight is 277 g/mol. The molecule has 0 bridgehead atoms. The Morgan fingerprint density at radius 2 is 2.18 bits per heavy atom. The van der Waals surface area contributed by atoms with Crippen LogP contribution < -0.4 is 10.0 Å². The normalized spacial score (nSPS) is 11.9. The molecule has 0 aliphatic rings. The molecule has 1 aromatic heterocycles. The molecule has 98 valence electrons. The summed E-state index contributed by atoms with van der Waals surface area (Å²) in [5.74, 6) is 0.180. The number of sulfonamides is 1. The lowest BCUT2D eigenvalue weighted by molar-refractivity contribution is 0.575. The van der Waals surface area contributed by atoms with Crippen LogP contribution in [0.2, 0.25) is 0 Å².